The largest absolute Gasteiger partial charge is 0.261 e. The first kappa shape index (κ1) is 3.26. The van der Waals surface area contributed by atoms with Crippen molar-refractivity contribution in [3.8, 4) is 0 Å². The molecule has 0 amide bonds. The van der Waals surface area contributed by atoms with Gasteiger partial charge in [0, 0.05) is 16.0 Å². The maximum absolute atomic E-state index is 7.82. The standard InChI is InChI=1S/C10H15N/c1-8-9(10(2,3)4)6-5-7-11-8/h5-7H,1-4H3/i1D3,5D,6D,7D. The van der Waals surface area contributed by atoms with E-state index in [4.69, 9.17) is 8.22 Å². The van der Waals surface area contributed by atoms with Crippen LogP contribution >= 0.6 is 0 Å². The van der Waals surface area contributed by atoms with Crippen LogP contribution in [-0.4, -0.2) is 4.98 Å². The molecule has 0 unspecified atom stereocenters. The van der Waals surface area contributed by atoms with Gasteiger partial charge in [0.2, 0.25) is 0 Å². The Morgan fingerprint density at radius 3 is 2.82 bits per heavy atom. The van der Waals surface area contributed by atoms with Gasteiger partial charge in [-0.15, -0.1) is 0 Å². The molecule has 1 aromatic rings. The van der Waals surface area contributed by atoms with Gasteiger partial charge in [-0.1, -0.05) is 26.8 Å². The normalized spacial score (nSPS) is 20.6. The third-order valence-electron chi connectivity index (χ3n) is 1.40. The Kier molecular flexibility index (Phi) is 0.784. The number of aryl methyl sites for hydroxylation is 1. The van der Waals surface area contributed by atoms with Gasteiger partial charge in [-0.3, -0.25) is 4.98 Å². The summed E-state index contributed by atoms with van der Waals surface area (Å²) < 4.78 is 45.0. The van der Waals surface area contributed by atoms with Gasteiger partial charge in [0.15, 0.2) is 0 Å². The molecule has 0 aliphatic heterocycles. The summed E-state index contributed by atoms with van der Waals surface area (Å²) in [5.41, 5.74) is -0.619. The monoisotopic (exact) mass is 155 g/mol. The lowest BCUT2D eigenvalue weighted by Crippen LogP contribution is -2.13. The molecular weight excluding hydrogens is 134 g/mol. The summed E-state index contributed by atoms with van der Waals surface area (Å²) in [6, 6.07) is -0.549. The number of rotatable bonds is 0. The van der Waals surface area contributed by atoms with Crippen LogP contribution in [0.1, 0.15) is 40.3 Å². The van der Waals surface area contributed by atoms with E-state index in [0.29, 0.717) is 0 Å². The fraction of sp³-hybridized carbons (Fsp3) is 0.500. The van der Waals surface area contributed by atoms with Crippen molar-refractivity contribution in [1.29, 1.82) is 0 Å². The predicted molar refractivity (Wildman–Crippen MR) is 47.7 cm³/mol. The number of aromatic nitrogens is 1. The maximum Gasteiger partial charge on any atom is 0.0840 e. The molecule has 0 fully saturated rings. The minimum atomic E-state index is -2.47. The van der Waals surface area contributed by atoms with E-state index in [2.05, 4.69) is 4.98 Å². The second-order valence-corrected chi connectivity index (χ2v) is 3.45. The number of hydrogen-bond donors (Lipinski definition) is 0. The van der Waals surface area contributed by atoms with Crippen LogP contribution in [-0.2, 0) is 5.41 Å². The topological polar surface area (TPSA) is 12.9 Å². The minimum Gasteiger partial charge on any atom is -0.261 e. The lowest BCUT2D eigenvalue weighted by Gasteiger charge is -2.20. The van der Waals surface area contributed by atoms with Crippen molar-refractivity contribution in [1.82, 2.24) is 4.98 Å². The van der Waals surface area contributed by atoms with Crippen molar-refractivity contribution in [2.75, 3.05) is 0 Å². The van der Waals surface area contributed by atoms with Crippen molar-refractivity contribution < 1.29 is 8.22 Å². The fourth-order valence-electron chi connectivity index (χ4n) is 0.832. The van der Waals surface area contributed by atoms with E-state index in [-0.39, 0.29) is 23.3 Å². The van der Waals surface area contributed by atoms with Gasteiger partial charge >= 0.3 is 0 Å². The van der Waals surface area contributed by atoms with E-state index in [0.717, 1.165) is 0 Å². The van der Waals surface area contributed by atoms with Crippen molar-refractivity contribution in [2.45, 2.75) is 33.0 Å². The van der Waals surface area contributed by atoms with Crippen LogP contribution in [0, 0.1) is 6.85 Å². The minimum absolute atomic E-state index is 0.219. The van der Waals surface area contributed by atoms with Crippen molar-refractivity contribution in [3.05, 3.63) is 29.5 Å². The van der Waals surface area contributed by atoms with E-state index >= 15 is 0 Å². The van der Waals surface area contributed by atoms with Gasteiger partial charge in [0.1, 0.15) is 0 Å². The van der Waals surface area contributed by atoms with Crippen molar-refractivity contribution in [3.63, 3.8) is 0 Å². The average Bonchev–Trinajstić information content (AvgIpc) is 2.09. The lowest BCUT2D eigenvalue weighted by molar-refractivity contribution is 0.582. The van der Waals surface area contributed by atoms with Crippen LogP contribution in [0.3, 0.4) is 0 Å². The summed E-state index contributed by atoms with van der Waals surface area (Å²) in [6.07, 6.45) is -0.464. The summed E-state index contributed by atoms with van der Waals surface area (Å²) in [7, 11) is 0. The molecule has 11 heavy (non-hydrogen) atoms. The van der Waals surface area contributed by atoms with E-state index in [1.165, 1.54) is 0 Å². The van der Waals surface area contributed by atoms with Crippen LogP contribution in [0.25, 0.3) is 0 Å². The van der Waals surface area contributed by atoms with Crippen LogP contribution in [0.2, 0.25) is 0 Å². The molecule has 0 saturated carbocycles. The van der Waals surface area contributed by atoms with Crippen LogP contribution in [0.5, 0.6) is 0 Å². The second-order valence-electron chi connectivity index (χ2n) is 3.45. The summed E-state index contributed by atoms with van der Waals surface area (Å²) in [5, 5.41) is 0. The second kappa shape index (κ2) is 2.65. The molecule has 0 atom stereocenters. The Labute approximate surface area is 76.9 Å². The molecule has 0 spiro atoms. The molecular formula is C10H15N. The molecule has 0 saturated heterocycles. The van der Waals surface area contributed by atoms with E-state index in [9.17, 15) is 0 Å². The smallest absolute Gasteiger partial charge is 0.0840 e. The Bertz CT molecular complexity index is 444. The first-order chi connectivity index (χ1) is 7.46. The molecule has 0 aliphatic carbocycles. The molecule has 0 N–H and O–H groups in total. The zero-order valence-electron chi connectivity index (χ0n) is 12.9. The molecule has 1 heteroatoms. The Hall–Kier alpha value is -0.850. The third kappa shape index (κ3) is 1.79. The molecule has 0 bridgehead atoms. The SMILES string of the molecule is [2H]c1nc(C([2H])([2H])[2H])c(C(C)(C)C)c([2H])c1[2H]. The van der Waals surface area contributed by atoms with Gasteiger partial charge < -0.3 is 0 Å². The Morgan fingerprint density at radius 1 is 1.55 bits per heavy atom. The van der Waals surface area contributed by atoms with Crippen molar-refractivity contribution in [2.24, 2.45) is 0 Å². The van der Waals surface area contributed by atoms with Crippen LogP contribution < -0.4 is 0 Å². The highest BCUT2D eigenvalue weighted by atomic mass is 14.7. The maximum atomic E-state index is 7.82. The summed E-state index contributed by atoms with van der Waals surface area (Å²) >= 11 is 0. The van der Waals surface area contributed by atoms with E-state index < -0.39 is 18.4 Å². The zero-order valence-corrected chi connectivity index (χ0v) is 6.95. The zero-order chi connectivity index (χ0) is 13.6. The van der Waals surface area contributed by atoms with Gasteiger partial charge in [-0.25, -0.2) is 0 Å². The van der Waals surface area contributed by atoms with Gasteiger partial charge in [-0.05, 0) is 23.9 Å². The van der Waals surface area contributed by atoms with Crippen LogP contribution in [0.4, 0.5) is 0 Å². The highest BCUT2D eigenvalue weighted by molar-refractivity contribution is 5.25. The fourth-order valence-corrected chi connectivity index (χ4v) is 0.832. The molecule has 60 valence electrons. The van der Waals surface area contributed by atoms with Crippen molar-refractivity contribution >= 4 is 0 Å². The molecule has 0 radical (unpaired) electrons. The first-order valence-corrected chi connectivity index (χ1v) is 3.45. The molecule has 0 aromatic carbocycles. The molecule has 0 aliphatic rings. The number of pyridine rings is 1. The number of hydrogen-bond acceptors (Lipinski definition) is 1. The van der Waals surface area contributed by atoms with Gasteiger partial charge in [0.25, 0.3) is 0 Å². The lowest BCUT2D eigenvalue weighted by atomic mass is 9.86. The molecule has 1 rings (SSSR count). The Balaban J connectivity index is 3.71. The molecule has 1 heterocycles. The predicted octanol–water partition coefficient (Wildman–Crippen LogP) is 2.69. The Morgan fingerprint density at radius 2 is 2.27 bits per heavy atom. The molecule has 1 nitrogen and oxygen atoms in total. The van der Waals surface area contributed by atoms with Crippen LogP contribution in [0.15, 0.2) is 18.3 Å². The first-order valence-electron chi connectivity index (χ1n) is 6.45. The summed E-state index contributed by atoms with van der Waals surface area (Å²) in [4.78, 5) is 3.67. The third-order valence-corrected chi connectivity index (χ3v) is 1.40. The average molecular weight is 155 g/mol. The summed E-state index contributed by atoms with van der Waals surface area (Å²) in [5.74, 6) is 0. The van der Waals surface area contributed by atoms with E-state index in [1.807, 2.05) is 0 Å². The highest BCUT2D eigenvalue weighted by Crippen LogP contribution is 2.23. The molecule has 1 aromatic heterocycles. The number of nitrogens with zero attached hydrogens (tertiary/aromatic N) is 1. The van der Waals surface area contributed by atoms with E-state index in [1.54, 1.807) is 20.8 Å². The van der Waals surface area contributed by atoms with Gasteiger partial charge in [0.05, 0.1) is 4.11 Å². The summed E-state index contributed by atoms with van der Waals surface area (Å²) in [6.45, 7) is 2.82. The quantitative estimate of drug-likeness (QED) is 0.561. The van der Waals surface area contributed by atoms with Gasteiger partial charge in [-0.2, -0.15) is 0 Å². The highest BCUT2D eigenvalue weighted by Gasteiger charge is 2.15.